The van der Waals surface area contributed by atoms with Gasteiger partial charge in [0, 0.05) is 17.1 Å². The minimum Gasteiger partial charge on any atom is -0.465 e. The van der Waals surface area contributed by atoms with E-state index in [1.807, 2.05) is 34.6 Å². The van der Waals surface area contributed by atoms with Gasteiger partial charge in [0.2, 0.25) is 0 Å². The van der Waals surface area contributed by atoms with Crippen molar-refractivity contribution in [2.24, 2.45) is 0 Å². The molecule has 1 N–H and O–H groups in total. The molecule has 0 amide bonds. The maximum atomic E-state index is 11.8. The fraction of sp³-hybridized carbons (Fsp3) is 0.643. The number of likely N-dealkylation sites (N-methyl/N-ethyl adjacent to an activating group) is 1. The van der Waals surface area contributed by atoms with Crippen molar-refractivity contribution in [3.05, 3.63) is 17.0 Å². The van der Waals surface area contributed by atoms with Crippen LogP contribution in [-0.2, 0) is 9.53 Å². The molecule has 0 aliphatic rings. The molecule has 0 bridgehead atoms. The molecule has 6 heteroatoms. The quantitative estimate of drug-likeness (QED) is 0.472. The van der Waals surface area contributed by atoms with E-state index in [-0.39, 0.29) is 12.0 Å². The van der Waals surface area contributed by atoms with Crippen molar-refractivity contribution < 1.29 is 9.53 Å². The van der Waals surface area contributed by atoms with Crippen LogP contribution in [0.15, 0.2) is 5.16 Å². The Morgan fingerprint density at radius 3 is 2.35 bits per heavy atom. The number of rotatable bonds is 7. The van der Waals surface area contributed by atoms with Crippen molar-refractivity contribution in [3.8, 4) is 0 Å². The number of carbonyl (C=O) groups excluding carboxylic acids is 1. The highest BCUT2D eigenvalue weighted by Crippen LogP contribution is 2.18. The standard InChI is InChI=1S/C14H23N3O2S/c1-6-15-12(13(18)19-7-2)8-20-14-16-10(4)9(3)11(5)17-14/h12,15H,6-8H2,1-5H3. The molecule has 0 fully saturated rings. The van der Waals surface area contributed by atoms with Gasteiger partial charge < -0.3 is 10.1 Å². The van der Waals surface area contributed by atoms with Crippen LogP contribution < -0.4 is 5.32 Å². The molecule has 1 aromatic rings. The largest absolute Gasteiger partial charge is 0.465 e. The molecule has 112 valence electrons. The molecule has 1 unspecified atom stereocenters. The monoisotopic (exact) mass is 297 g/mol. The number of esters is 1. The number of ether oxygens (including phenoxy) is 1. The third kappa shape index (κ3) is 4.76. The van der Waals surface area contributed by atoms with E-state index in [2.05, 4.69) is 15.3 Å². The lowest BCUT2D eigenvalue weighted by molar-refractivity contribution is -0.144. The van der Waals surface area contributed by atoms with Crippen LogP contribution in [-0.4, -0.2) is 40.9 Å². The van der Waals surface area contributed by atoms with Gasteiger partial charge in [0.05, 0.1) is 6.61 Å². The normalized spacial score (nSPS) is 12.2. The molecule has 1 rings (SSSR count). The van der Waals surface area contributed by atoms with Gasteiger partial charge in [0.25, 0.3) is 0 Å². The summed E-state index contributed by atoms with van der Waals surface area (Å²) in [5.74, 6) is 0.344. The van der Waals surface area contributed by atoms with Gasteiger partial charge >= 0.3 is 5.97 Å². The van der Waals surface area contributed by atoms with Crippen LogP contribution in [0.1, 0.15) is 30.8 Å². The van der Waals surface area contributed by atoms with Crippen molar-refractivity contribution in [2.45, 2.75) is 45.8 Å². The smallest absolute Gasteiger partial charge is 0.323 e. The van der Waals surface area contributed by atoms with Gasteiger partial charge in [-0.05, 0) is 39.8 Å². The average molecular weight is 297 g/mol. The Labute approximate surface area is 124 Å². The first-order valence-corrected chi connectivity index (χ1v) is 7.82. The van der Waals surface area contributed by atoms with E-state index in [1.165, 1.54) is 11.8 Å². The second-order valence-electron chi connectivity index (χ2n) is 4.48. The molecule has 0 spiro atoms. The first kappa shape index (κ1) is 16.9. The number of hydrogen-bond donors (Lipinski definition) is 1. The maximum absolute atomic E-state index is 11.8. The number of carbonyl (C=O) groups is 1. The minimum atomic E-state index is -0.324. The Hall–Kier alpha value is -1.14. The maximum Gasteiger partial charge on any atom is 0.323 e. The van der Waals surface area contributed by atoms with E-state index in [1.54, 1.807) is 0 Å². The number of aromatic nitrogens is 2. The van der Waals surface area contributed by atoms with Gasteiger partial charge in [-0.25, -0.2) is 9.97 Å². The molecule has 0 saturated carbocycles. The lowest BCUT2D eigenvalue weighted by Gasteiger charge is -2.15. The molecule has 1 heterocycles. The first-order valence-electron chi connectivity index (χ1n) is 6.84. The molecular weight excluding hydrogens is 274 g/mol. The third-order valence-electron chi connectivity index (χ3n) is 3.01. The van der Waals surface area contributed by atoms with Crippen LogP contribution in [0.3, 0.4) is 0 Å². The fourth-order valence-corrected chi connectivity index (χ4v) is 2.64. The van der Waals surface area contributed by atoms with Crippen LogP contribution in [0.4, 0.5) is 0 Å². The molecule has 0 aliphatic carbocycles. The van der Waals surface area contributed by atoms with Crippen molar-refractivity contribution >= 4 is 17.7 Å². The lowest BCUT2D eigenvalue weighted by Crippen LogP contribution is -2.40. The van der Waals surface area contributed by atoms with E-state index in [9.17, 15) is 4.79 Å². The molecule has 0 saturated heterocycles. The second-order valence-corrected chi connectivity index (χ2v) is 5.46. The minimum absolute atomic E-state index is 0.220. The second kappa shape index (κ2) is 8.21. The Bertz CT molecular complexity index is 443. The lowest BCUT2D eigenvalue weighted by atomic mass is 10.2. The van der Waals surface area contributed by atoms with E-state index < -0.39 is 0 Å². The molecule has 1 aromatic heterocycles. The van der Waals surface area contributed by atoms with E-state index in [0.29, 0.717) is 17.5 Å². The topological polar surface area (TPSA) is 64.1 Å². The summed E-state index contributed by atoms with van der Waals surface area (Å²) >= 11 is 1.47. The van der Waals surface area contributed by atoms with Gasteiger partial charge in [-0.1, -0.05) is 18.7 Å². The summed E-state index contributed by atoms with van der Waals surface area (Å²) in [6.07, 6.45) is 0. The molecule has 0 radical (unpaired) electrons. The summed E-state index contributed by atoms with van der Waals surface area (Å²) in [6.45, 7) is 10.8. The third-order valence-corrected chi connectivity index (χ3v) is 3.95. The van der Waals surface area contributed by atoms with Crippen molar-refractivity contribution in [3.63, 3.8) is 0 Å². The zero-order chi connectivity index (χ0) is 15.1. The predicted molar refractivity (Wildman–Crippen MR) is 81.1 cm³/mol. The highest BCUT2D eigenvalue weighted by atomic mass is 32.2. The number of hydrogen-bond acceptors (Lipinski definition) is 6. The summed E-state index contributed by atoms with van der Waals surface area (Å²) in [6, 6.07) is -0.324. The van der Waals surface area contributed by atoms with Crippen LogP contribution in [0.2, 0.25) is 0 Å². The molecule has 0 aromatic carbocycles. The number of nitrogens with one attached hydrogen (secondary N) is 1. The molecule has 5 nitrogen and oxygen atoms in total. The van der Waals surface area contributed by atoms with Crippen LogP contribution >= 0.6 is 11.8 Å². The van der Waals surface area contributed by atoms with Gasteiger partial charge in [-0.2, -0.15) is 0 Å². The Morgan fingerprint density at radius 2 is 1.85 bits per heavy atom. The van der Waals surface area contributed by atoms with Gasteiger partial charge in [0.1, 0.15) is 6.04 Å². The summed E-state index contributed by atoms with van der Waals surface area (Å²) < 4.78 is 5.06. The van der Waals surface area contributed by atoms with Crippen LogP contribution in [0, 0.1) is 20.8 Å². The average Bonchev–Trinajstić information content (AvgIpc) is 2.40. The summed E-state index contributed by atoms with van der Waals surface area (Å²) in [4.78, 5) is 20.7. The highest BCUT2D eigenvalue weighted by molar-refractivity contribution is 7.99. The van der Waals surface area contributed by atoms with E-state index in [4.69, 9.17) is 4.74 Å². The fourth-order valence-electron chi connectivity index (χ4n) is 1.66. The Balaban J connectivity index is 2.70. The van der Waals surface area contributed by atoms with Gasteiger partial charge in [-0.3, -0.25) is 4.79 Å². The number of thioether (sulfide) groups is 1. The molecule has 20 heavy (non-hydrogen) atoms. The number of aryl methyl sites for hydroxylation is 2. The molecular formula is C14H23N3O2S. The van der Waals surface area contributed by atoms with E-state index >= 15 is 0 Å². The molecule has 1 atom stereocenters. The Morgan fingerprint density at radius 1 is 1.25 bits per heavy atom. The summed E-state index contributed by atoms with van der Waals surface area (Å²) in [5, 5.41) is 3.83. The zero-order valence-corrected chi connectivity index (χ0v) is 13.6. The highest BCUT2D eigenvalue weighted by Gasteiger charge is 2.19. The summed E-state index contributed by atoms with van der Waals surface area (Å²) in [7, 11) is 0. The van der Waals surface area contributed by atoms with E-state index in [0.717, 1.165) is 23.5 Å². The summed E-state index contributed by atoms with van der Waals surface area (Å²) in [5.41, 5.74) is 3.08. The van der Waals surface area contributed by atoms with Crippen LogP contribution in [0.25, 0.3) is 0 Å². The zero-order valence-electron chi connectivity index (χ0n) is 12.8. The van der Waals surface area contributed by atoms with Crippen molar-refractivity contribution in [2.75, 3.05) is 18.9 Å². The van der Waals surface area contributed by atoms with Gasteiger partial charge in [0.15, 0.2) is 5.16 Å². The Kier molecular flexibility index (Phi) is 6.95. The van der Waals surface area contributed by atoms with Crippen molar-refractivity contribution in [1.82, 2.24) is 15.3 Å². The molecule has 0 aliphatic heterocycles. The van der Waals surface area contributed by atoms with Gasteiger partial charge in [-0.15, -0.1) is 0 Å². The predicted octanol–water partition coefficient (Wildman–Crippen LogP) is 2.04. The number of nitrogens with zero attached hydrogens (tertiary/aromatic N) is 2. The van der Waals surface area contributed by atoms with Crippen LogP contribution in [0.5, 0.6) is 0 Å². The SMILES string of the molecule is CCNC(CSc1nc(C)c(C)c(C)n1)C(=O)OCC. The first-order chi connectivity index (χ1) is 9.49. The van der Waals surface area contributed by atoms with Crippen molar-refractivity contribution in [1.29, 1.82) is 0 Å².